The van der Waals surface area contributed by atoms with Gasteiger partial charge in [-0.1, -0.05) is 0 Å². The van der Waals surface area contributed by atoms with Crippen molar-refractivity contribution in [2.24, 2.45) is 0 Å². The Labute approximate surface area is 75.1 Å². The number of methoxy groups -OCH3 is 1. The van der Waals surface area contributed by atoms with Gasteiger partial charge in [0.2, 0.25) is 0 Å². The Morgan fingerprint density at radius 3 is 2.46 bits per heavy atom. The minimum absolute atomic E-state index is 0.127. The summed E-state index contributed by atoms with van der Waals surface area (Å²) < 4.78 is 34.5. The molecular weight excluding hydrogens is 206 g/mol. The van der Waals surface area contributed by atoms with E-state index in [0.29, 0.717) is 13.2 Å². The first-order valence-electron chi connectivity index (χ1n) is 3.46. The molecule has 0 saturated carbocycles. The maximum Gasteiger partial charge on any atom is 0.537 e. The molecule has 1 atom stereocenters. The Hall–Kier alpha value is -0.0400. The second kappa shape index (κ2) is 7.37. The van der Waals surface area contributed by atoms with Gasteiger partial charge in [0.25, 0.3) is 0 Å². The monoisotopic (exact) mass is 218 g/mol. The molecule has 0 amide bonds. The van der Waals surface area contributed by atoms with Crippen LogP contribution in [0.3, 0.4) is 0 Å². The van der Waals surface area contributed by atoms with Crippen LogP contribution in [-0.2, 0) is 23.6 Å². The molecule has 0 aliphatic carbocycles. The van der Waals surface area contributed by atoms with Crippen LogP contribution in [0.5, 0.6) is 0 Å². The van der Waals surface area contributed by atoms with Crippen molar-refractivity contribution in [1.29, 1.82) is 0 Å². The Bertz CT molecular complexity index is 159. The van der Waals surface area contributed by atoms with Crippen LogP contribution in [0, 0.1) is 0 Å². The quantitative estimate of drug-likeness (QED) is 0.279. The molecule has 0 aromatic heterocycles. The summed E-state index contributed by atoms with van der Waals surface area (Å²) in [4.78, 5) is 12.0. The average Bonchev–Trinajstić information content (AvgIpc) is 2.01. The van der Waals surface area contributed by atoms with Crippen LogP contribution >= 0.6 is 7.91 Å². The molecule has 0 aliphatic rings. The lowest BCUT2D eigenvalue weighted by Crippen LogP contribution is -2.07. The molecule has 8 heteroatoms. The van der Waals surface area contributed by atoms with Gasteiger partial charge in [0.15, 0.2) is 0 Å². The molecule has 0 fully saturated rings. The number of hydrogen-bond donors (Lipinski definition) is 1. The first-order chi connectivity index (χ1) is 6.06. The molecule has 1 N–H and O–H groups in total. The smallest absolute Gasteiger partial charge is 0.382 e. The van der Waals surface area contributed by atoms with E-state index >= 15 is 0 Å². The maximum absolute atomic E-state index is 11.7. The highest BCUT2D eigenvalue weighted by molar-refractivity contribution is 7.46. The second-order valence-electron chi connectivity index (χ2n) is 1.95. The summed E-state index contributed by atoms with van der Waals surface area (Å²) in [5.74, 6) is 0. The van der Waals surface area contributed by atoms with Crippen molar-refractivity contribution >= 4 is 7.91 Å². The van der Waals surface area contributed by atoms with Gasteiger partial charge >= 0.3 is 7.91 Å². The van der Waals surface area contributed by atoms with Crippen molar-refractivity contribution in [2.75, 3.05) is 33.5 Å². The van der Waals surface area contributed by atoms with E-state index in [1.54, 1.807) is 0 Å². The molecule has 0 bridgehead atoms. The topological polar surface area (TPSA) is 74.2 Å². The predicted molar refractivity (Wildman–Crippen MR) is 40.7 cm³/mol. The largest absolute Gasteiger partial charge is 0.537 e. The van der Waals surface area contributed by atoms with Crippen molar-refractivity contribution < 1.29 is 32.7 Å². The van der Waals surface area contributed by atoms with Crippen molar-refractivity contribution in [2.45, 2.75) is 0 Å². The third-order valence-electron chi connectivity index (χ3n) is 0.887. The fourth-order valence-corrected chi connectivity index (χ4v) is 0.644. The third kappa shape index (κ3) is 12.0. The van der Waals surface area contributed by atoms with Gasteiger partial charge < -0.3 is 9.47 Å². The normalized spacial score (nSPS) is 15.6. The van der Waals surface area contributed by atoms with E-state index in [1.807, 2.05) is 0 Å². The molecule has 13 heavy (non-hydrogen) atoms. The molecular formula is C5H12FO6P. The minimum atomic E-state index is -5.03. The van der Waals surface area contributed by atoms with Crippen molar-refractivity contribution in [3.8, 4) is 0 Å². The highest BCUT2D eigenvalue weighted by atomic mass is 31.2. The van der Waals surface area contributed by atoms with Gasteiger partial charge in [-0.25, -0.2) is 9.45 Å². The number of halogens is 1. The molecule has 0 aromatic rings. The zero-order valence-corrected chi connectivity index (χ0v) is 8.04. The van der Waals surface area contributed by atoms with E-state index in [0.717, 1.165) is 0 Å². The number of rotatable bonds is 8. The molecule has 6 nitrogen and oxygen atoms in total. The van der Waals surface area contributed by atoms with Gasteiger partial charge in [-0.2, -0.15) is 0 Å². The Balaban J connectivity index is 3.04. The molecule has 0 heterocycles. The van der Waals surface area contributed by atoms with Crippen molar-refractivity contribution in [1.82, 2.24) is 0 Å². The molecule has 0 radical (unpaired) electrons. The zero-order chi connectivity index (χ0) is 10.2. The van der Waals surface area contributed by atoms with E-state index in [2.05, 4.69) is 14.3 Å². The van der Waals surface area contributed by atoms with E-state index < -0.39 is 7.91 Å². The van der Waals surface area contributed by atoms with Gasteiger partial charge in [0.1, 0.15) is 6.61 Å². The standard InChI is InChI=1S/C5H12FO6P/c1-9-2-3-10-4-5-11-12-13(6,7)8/h2-5H2,1H3,(H,7,8). The Kier molecular flexibility index (Phi) is 7.35. The van der Waals surface area contributed by atoms with Gasteiger partial charge in [-0.3, -0.25) is 4.89 Å². The maximum atomic E-state index is 11.7. The Morgan fingerprint density at radius 1 is 1.31 bits per heavy atom. The van der Waals surface area contributed by atoms with Crippen LogP contribution in [0.25, 0.3) is 0 Å². The first-order valence-corrected chi connectivity index (χ1v) is 4.93. The van der Waals surface area contributed by atoms with Gasteiger partial charge in [-0.15, -0.1) is 8.87 Å². The van der Waals surface area contributed by atoms with Crippen molar-refractivity contribution in [3.63, 3.8) is 0 Å². The third-order valence-corrected chi connectivity index (χ3v) is 1.18. The minimum Gasteiger partial charge on any atom is -0.382 e. The number of hydrogen-bond acceptors (Lipinski definition) is 5. The van der Waals surface area contributed by atoms with Crippen LogP contribution in [0.2, 0.25) is 0 Å². The van der Waals surface area contributed by atoms with Gasteiger partial charge in [-0.05, 0) is 0 Å². The molecule has 0 saturated heterocycles. The zero-order valence-electron chi connectivity index (χ0n) is 7.14. The van der Waals surface area contributed by atoms with Crippen LogP contribution in [0.4, 0.5) is 4.20 Å². The van der Waals surface area contributed by atoms with Crippen LogP contribution < -0.4 is 0 Å². The van der Waals surface area contributed by atoms with E-state index in [4.69, 9.17) is 9.63 Å². The van der Waals surface area contributed by atoms with Crippen LogP contribution in [0.1, 0.15) is 0 Å². The summed E-state index contributed by atoms with van der Waals surface area (Å²) in [7, 11) is -3.51. The summed E-state index contributed by atoms with van der Waals surface area (Å²) in [6.07, 6.45) is 0. The SMILES string of the molecule is COCCOCCOOP(=O)(O)F. The first kappa shape index (κ1) is 13.0. The van der Waals surface area contributed by atoms with E-state index in [-0.39, 0.29) is 13.2 Å². The van der Waals surface area contributed by atoms with Crippen LogP contribution in [-0.4, -0.2) is 38.4 Å². The van der Waals surface area contributed by atoms with Gasteiger partial charge in [0, 0.05) is 7.11 Å². The lowest BCUT2D eigenvalue weighted by Gasteiger charge is -2.03. The lowest BCUT2D eigenvalue weighted by atomic mass is 10.7. The second-order valence-corrected chi connectivity index (χ2v) is 3.01. The summed E-state index contributed by atoms with van der Waals surface area (Å²) in [5, 5.41) is 0. The summed E-state index contributed by atoms with van der Waals surface area (Å²) in [6.45, 7) is 0.802. The summed E-state index contributed by atoms with van der Waals surface area (Å²) >= 11 is 0. The molecule has 80 valence electrons. The predicted octanol–water partition coefficient (Wildman–Crippen LogP) is 0.667. The molecule has 0 aromatic carbocycles. The summed E-state index contributed by atoms with van der Waals surface area (Å²) in [6, 6.07) is 0. The summed E-state index contributed by atoms with van der Waals surface area (Å²) in [5.41, 5.74) is 0. The molecule has 0 rings (SSSR count). The lowest BCUT2D eigenvalue weighted by molar-refractivity contribution is -0.226. The number of ether oxygens (including phenoxy) is 2. The fourth-order valence-electron chi connectivity index (χ4n) is 0.440. The van der Waals surface area contributed by atoms with Gasteiger partial charge in [0.05, 0.1) is 19.8 Å². The molecule has 0 spiro atoms. The van der Waals surface area contributed by atoms with Crippen molar-refractivity contribution in [3.05, 3.63) is 0 Å². The molecule has 1 unspecified atom stereocenters. The highest BCUT2D eigenvalue weighted by Crippen LogP contribution is 2.43. The Morgan fingerprint density at radius 2 is 1.92 bits per heavy atom. The van der Waals surface area contributed by atoms with E-state index in [1.165, 1.54) is 7.11 Å². The van der Waals surface area contributed by atoms with E-state index in [9.17, 15) is 8.76 Å². The van der Waals surface area contributed by atoms with Crippen LogP contribution in [0.15, 0.2) is 0 Å². The fraction of sp³-hybridized carbons (Fsp3) is 1.00. The highest BCUT2D eigenvalue weighted by Gasteiger charge is 2.18. The molecule has 0 aliphatic heterocycles. The average molecular weight is 218 g/mol.